The molecule has 0 aliphatic carbocycles. The second kappa shape index (κ2) is 4.62. The molecule has 0 radical (unpaired) electrons. The first-order valence-corrected chi connectivity index (χ1v) is 5.35. The van der Waals surface area contributed by atoms with Crippen LogP contribution >= 0.6 is 0 Å². The predicted octanol–water partition coefficient (Wildman–Crippen LogP) is 2.31. The number of pyridine rings is 1. The van der Waals surface area contributed by atoms with Crippen molar-refractivity contribution in [2.45, 2.75) is 33.2 Å². The molecule has 0 aromatic carbocycles. The zero-order chi connectivity index (χ0) is 11.5. The standard InChI is InChI=1S/C12H20N2O/c1-5-15-11-6-10(7-14-8-11)12(4,13)9(2)3/h6-9H,5,13H2,1-4H3. The molecule has 84 valence electrons. The van der Waals surface area contributed by atoms with E-state index in [9.17, 15) is 0 Å². The van der Waals surface area contributed by atoms with E-state index in [4.69, 9.17) is 10.5 Å². The van der Waals surface area contributed by atoms with Gasteiger partial charge in [0.15, 0.2) is 0 Å². The van der Waals surface area contributed by atoms with Gasteiger partial charge in [0.1, 0.15) is 5.75 Å². The van der Waals surface area contributed by atoms with Crippen LogP contribution in [0, 0.1) is 5.92 Å². The van der Waals surface area contributed by atoms with E-state index in [1.165, 1.54) is 0 Å². The van der Waals surface area contributed by atoms with E-state index in [1.54, 1.807) is 6.20 Å². The second-order valence-electron chi connectivity index (χ2n) is 4.28. The molecule has 1 aromatic rings. The van der Waals surface area contributed by atoms with Crippen LogP contribution in [0.1, 0.15) is 33.3 Å². The Balaban J connectivity index is 2.99. The van der Waals surface area contributed by atoms with Gasteiger partial charge >= 0.3 is 0 Å². The maximum Gasteiger partial charge on any atom is 0.137 e. The molecule has 1 heterocycles. The molecule has 3 nitrogen and oxygen atoms in total. The van der Waals surface area contributed by atoms with Crippen molar-refractivity contribution in [2.75, 3.05) is 6.61 Å². The molecular weight excluding hydrogens is 188 g/mol. The van der Waals surface area contributed by atoms with Crippen molar-refractivity contribution in [3.05, 3.63) is 24.0 Å². The smallest absolute Gasteiger partial charge is 0.137 e. The van der Waals surface area contributed by atoms with Crippen LogP contribution in [-0.4, -0.2) is 11.6 Å². The Hall–Kier alpha value is -1.09. The van der Waals surface area contributed by atoms with Gasteiger partial charge in [-0.3, -0.25) is 4.98 Å². The topological polar surface area (TPSA) is 48.1 Å². The molecule has 0 saturated heterocycles. The summed E-state index contributed by atoms with van der Waals surface area (Å²) < 4.78 is 5.40. The summed E-state index contributed by atoms with van der Waals surface area (Å²) in [6.45, 7) is 8.83. The van der Waals surface area contributed by atoms with Gasteiger partial charge in [0, 0.05) is 11.7 Å². The Morgan fingerprint density at radius 3 is 2.67 bits per heavy atom. The maximum absolute atomic E-state index is 6.25. The largest absolute Gasteiger partial charge is 0.492 e. The van der Waals surface area contributed by atoms with Crippen molar-refractivity contribution in [3.8, 4) is 5.75 Å². The number of hydrogen-bond acceptors (Lipinski definition) is 3. The van der Waals surface area contributed by atoms with Gasteiger partial charge < -0.3 is 10.5 Å². The Labute approximate surface area is 91.7 Å². The number of nitrogens with two attached hydrogens (primary N) is 1. The summed E-state index contributed by atoms with van der Waals surface area (Å²) in [6.07, 6.45) is 3.52. The van der Waals surface area contributed by atoms with Crippen LogP contribution in [0.2, 0.25) is 0 Å². The lowest BCUT2D eigenvalue weighted by molar-refractivity contribution is 0.328. The summed E-state index contributed by atoms with van der Waals surface area (Å²) >= 11 is 0. The van der Waals surface area contributed by atoms with Crippen LogP contribution in [0.15, 0.2) is 18.5 Å². The Morgan fingerprint density at radius 1 is 1.47 bits per heavy atom. The van der Waals surface area contributed by atoms with Gasteiger partial charge in [-0.1, -0.05) is 13.8 Å². The van der Waals surface area contributed by atoms with E-state index < -0.39 is 0 Å². The third-order valence-corrected chi connectivity index (χ3v) is 2.85. The summed E-state index contributed by atoms with van der Waals surface area (Å²) in [5.74, 6) is 1.14. The third-order valence-electron chi connectivity index (χ3n) is 2.85. The summed E-state index contributed by atoms with van der Waals surface area (Å²) in [4.78, 5) is 4.15. The fourth-order valence-electron chi connectivity index (χ4n) is 1.29. The molecular formula is C12H20N2O. The van der Waals surface area contributed by atoms with E-state index in [0.717, 1.165) is 11.3 Å². The summed E-state index contributed by atoms with van der Waals surface area (Å²) in [5, 5.41) is 0. The molecule has 0 spiro atoms. The Bertz CT molecular complexity index is 321. The molecule has 0 aliphatic heterocycles. The summed E-state index contributed by atoms with van der Waals surface area (Å²) in [7, 11) is 0. The average molecular weight is 208 g/mol. The quantitative estimate of drug-likeness (QED) is 0.826. The predicted molar refractivity (Wildman–Crippen MR) is 61.8 cm³/mol. The Kier molecular flexibility index (Phi) is 3.69. The number of aromatic nitrogens is 1. The molecule has 0 saturated carbocycles. The van der Waals surface area contributed by atoms with Crippen LogP contribution in [-0.2, 0) is 5.54 Å². The van der Waals surface area contributed by atoms with Crippen LogP contribution in [0.4, 0.5) is 0 Å². The van der Waals surface area contributed by atoms with Crippen LogP contribution in [0.3, 0.4) is 0 Å². The first kappa shape index (κ1) is 12.0. The lowest BCUT2D eigenvalue weighted by Gasteiger charge is -2.29. The molecule has 0 aliphatic rings. The monoisotopic (exact) mass is 208 g/mol. The number of hydrogen-bond donors (Lipinski definition) is 1. The molecule has 0 amide bonds. The lowest BCUT2D eigenvalue weighted by atomic mass is 9.83. The highest BCUT2D eigenvalue weighted by Crippen LogP contribution is 2.27. The highest BCUT2D eigenvalue weighted by atomic mass is 16.5. The van der Waals surface area contributed by atoms with Crippen molar-refractivity contribution < 1.29 is 4.74 Å². The number of nitrogens with zero attached hydrogens (tertiary/aromatic N) is 1. The third kappa shape index (κ3) is 2.69. The van der Waals surface area contributed by atoms with Gasteiger partial charge in [-0.25, -0.2) is 0 Å². The molecule has 15 heavy (non-hydrogen) atoms. The number of rotatable bonds is 4. The molecule has 1 atom stereocenters. The van der Waals surface area contributed by atoms with Crippen molar-refractivity contribution >= 4 is 0 Å². The van der Waals surface area contributed by atoms with Gasteiger partial charge in [-0.15, -0.1) is 0 Å². The van der Waals surface area contributed by atoms with Gasteiger partial charge in [0.05, 0.1) is 12.8 Å². The zero-order valence-electron chi connectivity index (χ0n) is 9.95. The van der Waals surface area contributed by atoms with E-state index >= 15 is 0 Å². The minimum absolute atomic E-state index is 0.358. The average Bonchev–Trinajstić information content (AvgIpc) is 2.18. The molecule has 1 aromatic heterocycles. The molecule has 1 rings (SSSR count). The zero-order valence-corrected chi connectivity index (χ0v) is 9.95. The molecule has 3 heteroatoms. The summed E-state index contributed by atoms with van der Waals surface area (Å²) in [5.41, 5.74) is 6.91. The van der Waals surface area contributed by atoms with Crippen LogP contribution < -0.4 is 10.5 Å². The van der Waals surface area contributed by atoms with Crippen molar-refractivity contribution in [1.29, 1.82) is 0 Å². The minimum Gasteiger partial charge on any atom is -0.492 e. The fourth-order valence-corrected chi connectivity index (χ4v) is 1.29. The van der Waals surface area contributed by atoms with Crippen molar-refractivity contribution in [1.82, 2.24) is 4.98 Å². The van der Waals surface area contributed by atoms with E-state index in [2.05, 4.69) is 18.8 Å². The first-order chi connectivity index (χ1) is 6.98. The molecule has 0 fully saturated rings. The molecule has 2 N–H and O–H groups in total. The molecule has 0 bridgehead atoms. The van der Waals surface area contributed by atoms with Gasteiger partial charge in [-0.2, -0.15) is 0 Å². The lowest BCUT2D eigenvalue weighted by Crippen LogP contribution is -2.38. The fraction of sp³-hybridized carbons (Fsp3) is 0.583. The van der Waals surface area contributed by atoms with Crippen LogP contribution in [0.25, 0.3) is 0 Å². The van der Waals surface area contributed by atoms with E-state index in [-0.39, 0.29) is 5.54 Å². The maximum atomic E-state index is 6.25. The second-order valence-corrected chi connectivity index (χ2v) is 4.28. The van der Waals surface area contributed by atoms with Gasteiger partial charge in [0.25, 0.3) is 0 Å². The Morgan fingerprint density at radius 2 is 2.13 bits per heavy atom. The SMILES string of the molecule is CCOc1cncc(C(C)(N)C(C)C)c1. The normalized spacial score (nSPS) is 15.1. The van der Waals surface area contributed by atoms with E-state index in [1.807, 2.05) is 26.1 Å². The van der Waals surface area contributed by atoms with Crippen molar-refractivity contribution in [3.63, 3.8) is 0 Å². The van der Waals surface area contributed by atoms with Crippen molar-refractivity contribution in [2.24, 2.45) is 11.7 Å². The summed E-state index contributed by atoms with van der Waals surface area (Å²) in [6, 6.07) is 1.97. The van der Waals surface area contributed by atoms with Gasteiger partial charge in [0.2, 0.25) is 0 Å². The minimum atomic E-state index is -0.361. The highest BCUT2D eigenvalue weighted by Gasteiger charge is 2.25. The number of ether oxygens (including phenoxy) is 1. The van der Waals surface area contributed by atoms with Gasteiger partial charge in [-0.05, 0) is 31.4 Å². The first-order valence-electron chi connectivity index (χ1n) is 5.35. The highest BCUT2D eigenvalue weighted by molar-refractivity contribution is 5.29. The molecule has 1 unspecified atom stereocenters. The van der Waals surface area contributed by atoms with E-state index in [0.29, 0.717) is 12.5 Å². The van der Waals surface area contributed by atoms with Crippen LogP contribution in [0.5, 0.6) is 5.75 Å².